The molecule has 1 aliphatic heterocycles. The summed E-state index contributed by atoms with van der Waals surface area (Å²) in [5, 5.41) is 9.96. The van der Waals surface area contributed by atoms with Gasteiger partial charge in [0.1, 0.15) is 11.5 Å². The highest BCUT2D eigenvalue weighted by Crippen LogP contribution is 2.33. The number of carbonyl (C=O) groups is 2. The van der Waals surface area contributed by atoms with E-state index in [-0.39, 0.29) is 5.91 Å². The summed E-state index contributed by atoms with van der Waals surface area (Å²) in [5.74, 6) is 0.691. The van der Waals surface area contributed by atoms with Crippen molar-refractivity contribution in [3.05, 3.63) is 77.1 Å². The van der Waals surface area contributed by atoms with Crippen molar-refractivity contribution in [1.29, 1.82) is 0 Å². The number of allylic oxidation sites excluding steroid dienone is 4. The number of oxazole rings is 1. The van der Waals surface area contributed by atoms with Gasteiger partial charge in [-0.25, -0.2) is 9.78 Å². The number of ether oxygens (including phenoxy) is 1. The van der Waals surface area contributed by atoms with Crippen LogP contribution in [0.15, 0.2) is 53.0 Å². The first-order chi connectivity index (χ1) is 17.5. The molecule has 0 fully saturated rings. The highest BCUT2D eigenvalue weighted by atomic mass is 16.5. The summed E-state index contributed by atoms with van der Waals surface area (Å²) in [6.45, 7) is 6.81. The lowest BCUT2D eigenvalue weighted by Gasteiger charge is -2.34. The number of hydrogen-bond donors (Lipinski definition) is 1. The molecule has 1 unspecified atom stereocenters. The van der Waals surface area contributed by atoms with E-state index in [1.165, 1.54) is 11.0 Å². The largest absolute Gasteiger partial charge is 0.493 e. The van der Waals surface area contributed by atoms with Gasteiger partial charge in [-0.3, -0.25) is 4.79 Å². The Balaban J connectivity index is 1.72. The minimum absolute atomic E-state index is 0.323. The first-order valence-electron chi connectivity index (χ1n) is 12.7. The van der Waals surface area contributed by atoms with Gasteiger partial charge in [0.2, 0.25) is 11.8 Å². The first kappa shape index (κ1) is 27.0. The lowest BCUT2D eigenvalue weighted by molar-refractivity contribution is -0.149. The predicted octanol–water partition coefficient (Wildman–Crippen LogP) is 5.70. The third kappa shape index (κ3) is 6.97. The van der Waals surface area contributed by atoms with Gasteiger partial charge in [0, 0.05) is 25.5 Å². The van der Waals surface area contributed by atoms with E-state index in [4.69, 9.17) is 9.15 Å². The topological polar surface area (TPSA) is 92.9 Å². The van der Waals surface area contributed by atoms with Gasteiger partial charge < -0.3 is 19.2 Å². The standard InChI is InChI=1S/C29H36N2O5/c1-4-7-9-12-26-30-24(25(36-26)11-6-3)17-19-35-22-15-14-21-16-18-31(27(32)13-10-8-5-2)28(29(33)34)23(21)20-22/h5,8-10,12-15,20,28H,4,6-7,11,16-19H2,1-3H3,(H,33,34)/b8-5?,12-9+,13-10?. The highest BCUT2D eigenvalue weighted by Gasteiger charge is 2.35. The van der Waals surface area contributed by atoms with Crippen LogP contribution in [0.5, 0.6) is 5.75 Å². The number of aryl methyl sites for hydroxylation is 1. The number of unbranched alkanes of at least 4 members (excludes halogenated alkanes) is 1. The average Bonchev–Trinajstić information content (AvgIpc) is 3.24. The van der Waals surface area contributed by atoms with Crippen LogP contribution in [0.3, 0.4) is 0 Å². The minimum Gasteiger partial charge on any atom is -0.493 e. The molecule has 3 rings (SSSR count). The van der Waals surface area contributed by atoms with Gasteiger partial charge in [0.15, 0.2) is 6.04 Å². The normalized spacial score (nSPS) is 15.8. The Morgan fingerprint density at radius 1 is 1.22 bits per heavy atom. The van der Waals surface area contributed by atoms with Gasteiger partial charge in [-0.2, -0.15) is 0 Å². The molecule has 2 aromatic rings. The van der Waals surface area contributed by atoms with E-state index in [2.05, 4.69) is 24.9 Å². The monoisotopic (exact) mass is 492 g/mol. The van der Waals surface area contributed by atoms with Crippen LogP contribution >= 0.6 is 0 Å². The maximum atomic E-state index is 12.7. The second-order valence-electron chi connectivity index (χ2n) is 8.73. The van der Waals surface area contributed by atoms with Crippen LogP contribution in [0.1, 0.15) is 74.5 Å². The molecule has 1 N–H and O–H groups in total. The summed E-state index contributed by atoms with van der Waals surface area (Å²) >= 11 is 0. The van der Waals surface area contributed by atoms with Crippen molar-refractivity contribution in [2.75, 3.05) is 13.2 Å². The molecule has 2 heterocycles. The molecule has 0 aliphatic carbocycles. The van der Waals surface area contributed by atoms with Crippen molar-refractivity contribution in [2.24, 2.45) is 0 Å². The van der Waals surface area contributed by atoms with Gasteiger partial charge in [0.05, 0.1) is 12.3 Å². The summed E-state index contributed by atoms with van der Waals surface area (Å²) in [5.41, 5.74) is 2.40. The second-order valence-corrected chi connectivity index (χ2v) is 8.73. The number of carbonyl (C=O) groups excluding carboxylic acids is 1. The number of hydrogen-bond acceptors (Lipinski definition) is 5. The minimum atomic E-state index is -1.06. The fourth-order valence-corrected chi connectivity index (χ4v) is 4.24. The van der Waals surface area contributed by atoms with E-state index in [0.29, 0.717) is 43.2 Å². The van der Waals surface area contributed by atoms with E-state index in [9.17, 15) is 14.7 Å². The smallest absolute Gasteiger partial charge is 0.331 e. The third-order valence-electron chi connectivity index (χ3n) is 6.00. The van der Waals surface area contributed by atoms with Crippen LogP contribution < -0.4 is 4.74 Å². The van der Waals surface area contributed by atoms with E-state index in [0.717, 1.165) is 42.7 Å². The van der Waals surface area contributed by atoms with Gasteiger partial charge in [0.25, 0.3) is 0 Å². The Bertz CT molecular complexity index is 1130. The summed E-state index contributed by atoms with van der Waals surface area (Å²) in [6, 6.07) is 4.45. The number of aliphatic carboxylic acids is 1. The molecule has 1 atom stereocenters. The molecule has 0 saturated carbocycles. The van der Waals surface area contributed by atoms with E-state index in [1.54, 1.807) is 18.2 Å². The molecule has 192 valence electrons. The van der Waals surface area contributed by atoms with Crippen LogP contribution in [0.4, 0.5) is 0 Å². The van der Waals surface area contributed by atoms with Crippen molar-refractivity contribution >= 4 is 18.0 Å². The molecule has 1 aromatic heterocycles. The number of carboxylic acid groups (broad SMARTS) is 1. The van der Waals surface area contributed by atoms with Crippen LogP contribution in [-0.2, 0) is 28.9 Å². The highest BCUT2D eigenvalue weighted by molar-refractivity contribution is 5.92. The Morgan fingerprint density at radius 2 is 2.06 bits per heavy atom. The number of carboxylic acids is 1. The quantitative estimate of drug-likeness (QED) is 0.302. The number of benzene rings is 1. The fourth-order valence-electron chi connectivity index (χ4n) is 4.24. The molecule has 7 heteroatoms. The molecule has 7 nitrogen and oxygen atoms in total. The van der Waals surface area contributed by atoms with E-state index >= 15 is 0 Å². The molecular formula is C29H36N2O5. The van der Waals surface area contributed by atoms with E-state index < -0.39 is 12.0 Å². The molecule has 36 heavy (non-hydrogen) atoms. The summed E-state index contributed by atoms with van der Waals surface area (Å²) in [4.78, 5) is 30.9. The van der Waals surface area contributed by atoms with Crippen molar-refractivity contribution in [3.8, 4) is 5.75 Å². The number of fused-ring (bicyclic) bond motifs is 1. The number of amides is 1. The summed E-state index contributed by atoms with van der Waals surface area (Å²) in [7, 11) is 0. The third-order valence-corrected chi connectivity index (χ3v) is 6.00. The second kappa shape index (κ2) is 13.5. The van der Waals surface area contributed by atoms with Crippen molar-refractivity contribution in [1.82, 2.24) is 9.88 Å². The maximum Gasteiger partial charge on any atom is 0.331 e. The van der Waals surface area contributed by atoms with Crippen molar-refractivity contribution in [2.45, 2.75) is 65.3 Å². The zero-order chi connectivity index (χ0) is 25.9. The van der Waals surface area contributed by atoms with Gasteiger partial charge in [-0.1, -0.05) is 50.6 Å². The lowest BCUT2D eigenvalue weighted by atomic mass is 9.92. The Hall–Kier alpha value is -3.61. The molecule has 1 amide bonds. The summed E-state index contributed by atoms with van der Waals surface area (Å²) < 4.78 is 11.9. The molecular weight excluding hydrogens is 456 g/mol. The van der Waals surface area contributed by atoms with Crippen LogP contribution in [-0.4, -0.2) is 40.0 Å². The van der Waals surface area contributed by atoms with Crippen molar-refractivity contribution in [3.63, 3.8) is 0 Å². The first-order valence-corrected chi connectivity index (χ1v) is 12.7. The zero-order valence-corrected chi connectivity index (χ0v) is 21.4. The molecule has 0 bridgehead atoms. The molecule has 0 spiro atoms. The van der Waals surface area contributed by atoms with Crippen LogP contribution in [0.2, 0.25) is 0 Å². The maximum absolute atomic E-state index is 12.7. The van der Waals surface area contributed by atoms with Crippen molar-refractivity contribution < 1.29 is 23.8 Å². The van der Waals surface area contributed by atoms with Crippen LogP contribution in [0.25, 0.3) is 6.08 Å². The fraction of sp³-hybridized carbons (Fsp3) is 0.414. The number of rotatable bonds is 12. The Morgan fingerprint density at radius 3 is 2.78 bits per heavy atom. The zero-order valence-electron chi connectivity index (χ0n) is 21.4. The lowest BCUT2D eigenvalue weighted by Crippen LogP contribution is -2.42. The van der Waals surface area contributed by atoms with Gasteiger partial charge in [-0.15, -0.1) is 0 Å². The molecule has 1 aliphatic rings. The Labute approximate surface area is 213 Å². The van der Waals surface area contributed by atoms with Gasteiger partial charge in [-0.05, 0) is 55.5 Å². The number of aromatic nitrogens is 1. The SMILES string of the molecule is CC=CC=CC(=O)N1CCc2ccc(OCCc3nc(/C=C/CCC)oc3CCC)cc2C1C(=O)O. The van der Waals surface area contributed by atoms with E-state index in [1.807, 2.05) is 31.2 Å². The van der Waals surface area contributed by atoms with Crippen LogP contribution in [0, 0.1) is 0 Å². The summed E-state index contributed by atoms with van der Waals surface area (Å²) in [6.07, 6.45) is 15.6. The van der Waals surface area contributed by atoms with Gasteiger partial charge >= 0.3 is 5.97 Å². The number of nitrogens with zero attached hydrogens (tertiary/aromatic N) is 2. The Kier molecular flexibility index (Phi) is 10.1. The molecule has 1 aromatic carbocycles. The molecule has 0 radical (unpaired) electrons. The molecule has 0 saturated heterocycles. The average molecular weight is 493 g/mol. The predicted molar refractivity (Wildman–Crippen MR) is 140 cm³/mol.